The van der Waals surface area contributed by atoms with Crippen molar-refractivity contribution in [1.82, 2.24) is 0 Å². The Labute approximate surface area is 101 Å². The second kappa shape index (κ2) is 4.66. The molecule has 0 heterocycles. The van der Waals surface area contributed by atoms with Crippen molar-refractivity contribution in [2.24, 2.45) is 5.41 Å². The van der Waals surface area contributed by atoms with E-state index >= 15 is 0 Å². The number of benzene rings is 1. The number of carbonyl (C=O) groups excluding carboxylic acids is 1. The number of halogens is 5. The first kappa shape index (κ1) is 14.6. The maximum atomic E-state index is 13.3. The van der Waals surface area contributed by atoms with Gasteiger partial charge in [0.15, 0.2) is 29.1 Å². The summed E-state index contributed by atoms with van der Waals surface area (Å²) in [7, 11) is 0. The molecule has 0 aromatic heterocycles. The molecule has 0 N–H and O–H groups in total. The molecule has 0 radical (unpaired) electrons. The molecule has 0 fully saturated rings. The summed E-state index contributed by atoms with van der Waals surface area (Å²) in [5.41, 5.74) is -2.00. The van der Waals surface area contributed by atoms with Gasteiger partial charge in [0.1, 0.15) is 0 Å². The second-order valence-corrected chi connectivity index (χ2v) is 5.11. The molecule has 0 amide bonds. The SMILES string of the molecule is CC(C)(C)CC(=O)c1c(F)c(F)c(F)c(F)c1F. The highest BCUT2D eigenvalue weighted by atomic mass is 19.2. The van der Waals surface area contributed by atoms with Crippen LogP contribution in [0.1, 0.15) is 37.6 Å². The van der Waals surface area contributed by atoms with Crippen molar-refractivity contribution in [2.75, 3.05) is 0 Å². The first-order valence-corrected chi connectivity index (χ1v) is 5.11. The molecule has 0 saturated heterocycles. The number of carbonyl (C=O) groups is 1. The van der Waals surface area contributed by atoms with Gasteiger partial charge in [-0.3, -0.25) is 4.79 Å². The van der Waals surface area contributed by atoms with Gasteiger partial charge in [-0.15, -0.1) is 0 Å². The topological polar surface area (TPSA) is 17.1 Å². The molecule has 6 heteroatoms. The summed E-state index contributed by atoms with van der Waals surface area (Å²) >= 11 is 0. The fourth-order valence-electron chi connectivity index (χ4n) is 1.42. The van der Waals surface area contributed by atoms with Crippen molar-refractivity contribution in [3.63, 3.8) is 0 Å². The van der Waals surface area contributed by atoms with Gasteiger partial charge >= 0.3 is 0 Å². The maximum absolute atomic E-state index is 13.3. The van der Waals surface area contributed by atoms with E-state index in [1.54, 1.807) is 20.8 Å². The van der Waals surface area contributed by atoms with Crippen molar-refractivity contribution >= 4 is 5.78 Å². The Morgan fingerprint density at radius 3 is 1.50 bits per heavy atom. The molecule has 1 aromatic carbocycles. The average Bonchev–Trinajstić information content (AvgIpc) is 2.21. The normalized spacial score (nSPS) is 11.8. The Balaban J connectivity index is 3.38. The molecule has 0 saturated carbocycles. The summed E-state index contributed by atoms with van der Waals surface area (Å²) in [5, 5.41) is 0. The molecule has 0 unspecified atom stereocenters. The van der Waals surface area contributed by atoms with Gasteiger partial charge in [0, 0.05) is 6.42 Å². The maximum Gasteiger partial charge on any atom is 0.200 e. The second-order valence-electron chi connectivity index (χ2n) is 5.11. The Morgan fingerprint density at radius 1 is 0.833 bits per heavy atom. The third-order valence-corrected chi connectivity index (χ3v) is 2.18. The van der Waals surface area contributed by atoms with Crippen LogP contribution in [0.25, 0.3) is 0 Å². The number of hydrogen-bond acceptors (Lipinski definition) is 1. The van der Waals surface area contributed by atoms with Crippen molar-refractivity contribution in [1.29, 1.82) is 0 Å². The zero-order chi connectivity index (χ0) is 14.2. The van der Waals surface area contributed by atoms with Gasteiger partial charge in [0.25, 0.3) is 0 Å². The molecule has 0 aliphatic carbocycles. The van der Waals surface area contributed by atoms with Gasteiger partial charge in [0.05, 0.1) is 5.56 Å². The predicted molar refractivity (Wildman–Crippen MR) is 54.6 cm³/mol. The summed E-state index contributed by atoms with van der Waals surface area (Å²) in [4.78, 5) is 11.6. The van der Waals surface area contributed by atoms with Gasteiger partial charge in [-0.05, 0) is 5.41 Å². The van der Waals surface area contributed by atoms with Gasteiger partial charge in [-0.1, -0.05) is 20.8 Å². The quantitative estimate of drug-likeness (QED) is 0.342. The Kier molecular flexibility index (Phi) is 3.78. The van der Waals surface area contributed by atoms with Crippen LogP contribution in [0, 0.1) is 34.5 Å². The Bertz CT molecular complexity index is 473. The average molecular weight is 266 g/mol. The minimum absolute atomic E-state index is 0.328. The van der Waals surface area contributed by atoms with Gasteiger partial charge < -0.3 is 0 Å². The largest absolute Gasteiger partial charge is 0.294 e. The Hall–Kier alpha value is -1.46. The standard InChI is InChI=1S/C12H11F5O/c1-12(2,3)4-5(18)6-7(13)9(15)11(17)10(16)8(6)14/h4H2,1-3H3. The van der Waals surface area contributed by atoms with Crippen molar-refractivity contribution in [3.05, 3.63) is 34.6 Å². The molecule has 1 aromatic rings. The third kappa shape index (κ3) is 2.68. The van der Waals surface area contributed by atoms with Gasteiger partial charge in [0.2, 0.25) is 5.82 Å². The van der Waals surface area contributed by atoms with Crippen LogP contribution >= 0.6 is 0 Å². The lowest BCUT2D eigenvalue weighted by molar-refractivity contribution is 0.0928. The van der Waals surface area contributed by atoms with Crippen molar-refractivity contribution < 1.29 is 26.7 Å². The molecular formula is C12H11F5O. The molecule has 0 aliphatic heterocycles. The van der Waals surface area contributed by atoms with E-state index in [4.69, 9.17) is 0 Å². The van der Waals surface area contributed by atoms with Crippen LogP contribution in [-0.4, -0.2) is 5.78 Å². The summed E-state index contributed by atoms with van der Waals surface area (Å²) < 4.78 is 65.1. The monoisotopic (exact) mass is 266 g/mol. The number of ketones is 1. The van der Waals surface area contributed by atoms with Crippen LogP contribution in [0.3, 0.4) is 0 Å². The van der Waals surface area contributed by atoms with E-state index in [0.29, 0.717) is 0 Å². The molecule has 1 nitrogen and oxygen atoms in total. The fraction of sp³-hybridized carbons (Fsp3) is 0.417. The van der Waals surface area contributed by atoms with E-state index in [2.05, 4.69) is 0 Å². The number of hydrogen-bond donors (Lipinski definition) is 0. The van der Waals surface area contributed by atoms with Gasteiger partial charge in [-0.2, -0.15) is 0 Å². The van der Waals surface area contributed by atoms with Crippen LogP contribution in [0.4, 0.5) is 22.0 Å². The minimum Gasteiger partial charge on any atom is -0.294 e. The summed E-state index contributed by atoms with van der Waals surface area (Å²) in [6.45, 7) is 4.82. The van der Waals surface area contributed by atoms with Crippen LogP contribution in [0.15, 0.2) is 0 Å². The van der Waals surface area contributed by atoms with Crippen molar-refractivity contribution in [2.45, 2.75) is 27.2 Å². The van der Waals surface area contributed by atoms with Gasteiger partial charge in [-0.25, -0.2) is 22.0 Å². The number of Topliss-reactive ketones (excluding diaryl/α,β-unsaturated/α-hetero) is 1. The Morgan fingerprint density at radius 2 is 1.17 bits per heavy atom. The van der Waals surface area contributed by atoms with Crippen LogP contribution in [0.5, 0.6) is 0 Å². The smallest absolute Gasteiger partial charge is 0.200 e. The summed E-state index contributed by atoms with van der Waals surface area (Å²) in [6.07, 6.45) is -0.328. The van der Waals surface area contributed by atoms with E-state index in [1.807, 2.05) is 0 Å². The molecule has 0 atom stereocenters. The fourth-order valence-corrected chi connectivity index (χ4v) is 1.42. The van der Waals surface area contributed by atoms with E-state index < -0.39 is 45.8 Å². The van der Waals surface area contributed by atoms with E-state index in [-0.39, 0.29) is 6.42 Å². The van der Waals surface area contributed by atoms with Crippen LogP contribution in [0.2, 0.25) is 0 Å². The molecule has 0 bridgehead atoms. The first-order chi connectivity index (χ1) is 8.06. The molecule has 0 aliphatic rings. The van der Waals surface area contributed by atoms with Crippen LogP contribution in [-0.2, 0) is 0 Å². The van der Waals surface area contributed by atoms with Crippen LogP contribution < -0.4 is 0 Å². The first-order valence-electron chi connectivity index (χ1n) is 5.11. The third-order valence-electron chi connectivity index (χ3n) is 2.18. The molecule has 100 valence electrons. The zero-order valence-corrected chi connectivity index (χ0v) is 10.0. The molecule has 0 spiro atoms. The summed E-state index contributed by atoms with van der Waals surface area (Å²) in [6, 6.07) is 0. The lowest BCUT2D eigenvalue weighted by atomic mass is 9.87. The highest BCUT2D eigenvalue weighted by Crippen LogP contribution is 2.27. The van der Waals surface area contributed by atoms with E-state index in [0.717, 1.165) is 0 Å². The lowest BCUT2D eigenvalue weighted by Crippen LogP contribution is -2.18. The molecule has 18 heavy (non-hydrogen) atoms. The molecular weight excluding hydrogens is 255 g/mol. The highest BCUT2D eigenvalue weighted by molar-refractivity contribution is 5.97. The number of rotatable bonds is 2. The highest BCUT2D eigenvalue weighted by Gasteiger charge is 2.31. The lowest BCUT2D eigenvalue weighted by Gasteiger charge is -2.17. The molecule has 1 rings (SSSR count). The predicted octanol–water partition coefficient (Wildman–Crippen LogP) is 4.00. The van der Waals surface area contributed by atoms with E-state index in [9.17, 15) is 26.7 Å². The van der Waals surface area contributed by atoms with E-state index in [1.165, 1.54) is 0 Å². The van der Waals surface area contributed by atoms with Crippen molar-refractivity contribution in [3.8, 4) is 0 Å². The zero-order valence-electron chi connectivity index (χ0n) is 10.0. The summed E-state index contributed by atoms with van der Waals surface area (Å²) in [5.74, 6) is -11.8. The minimum atomic E-state index is -2.27.